The van der Waals surface area contributed by atoms with Crippen LogP contribution in [0.3, 0.4) is 0 Å². The van der Waals surface area contributed by atoms with Gasteiger partial charge in [-0.3, -0.25) is 10.1 Å². The van der Waals surface area contributed by atoms with E-state index in [1.165, 1.54) is 6.07 Å². The van der Waals surface area contributed by atoms with Crippen molar-refractivity contribution in [2.45, 2.75) is 6.61 Å². The summed E-state index contributed by atoms with van der Waals surface area (Å²) in [6.45, 7) is -3.29. The molecule has 0 N–H and O–H groups in total. The minimum atomic E-state index is -3.29. The van der Waals surface area contributed by atoms with Crippen LogP contribution in [-0.2, 0) is 4.74 Å². The maximum Gasteiger partial charge on any atom is 0.387 e. The summed E-state index contributed by atoms with van der Waals surface area (Å²) in [5, 5.41) is 19.5. The normalized spacial score (nSPS) is 9.84. The van der Waals surface area contributed by atoms with E-state index in [1.807, 2.05) is 0 Å². The lowest BCUT2D eigenvalue weighted by Crippen LogP contribution is -2.08. The first-order chi connectivity index (χ1) is 8.90. The van der Waals surface area contributed by atoms with Gasteiger partial charge in [-0.1, -0.05) is 0 Å². The van der Waals surface area contributed by atoms with Crippen molar-refractivity contribution in [2.75, 3.05) is 7.11 Å². The van der Waals surface area contributed by atoms with Crippen molar-refractivity contribution < 1.29 is 28.0 Å². The van der Waals surface area contributed by atoms with Crippen LogP contribution in [0.4, 0.5) is 14.5 Å². The topological polar surface area (TPSA) is 102 Å². The van der Waals surface area contributed by atoms with E-state index in [2.05, 4.69) is 9.47 Å². The maximum absolute atomic E-state index is 12.2. The SMILES string of the molecule is COC(=O)c1cc(OC(F)F)c(C#N)c([N+](=O)[O-])c1. The predicted octanol–water partition coefficient (Wildman–Crippen LogP) is 1.85. The van der Waals surface area contributed by atoms with Gasteiger partial charge in [0, 0.05) is 6.07 Å². The second-order valence-electron chi connectivity index (χ2n) is 3.11. The Morgan fingerprint density at radius 3 is 2.58 bits per heavy atom. The molecule has 19 heavy (non-hydrogen) atoms. The van der Waals surface area contributed by atoms with Crippen LogP contribution >= 0.6 is 0 Å². The molecule has 100 valence electrons. The van der Waals surface area contributed by atoms with Crippen molar-refractivity contribution in [3.63, 3.8) is 0 Å². The molecule has 7 nitrogen and oxygen atoms in total. The molecule has 0 saturated carbocycles. The fraction of sp³-hybridized carbons (Fsp3) is 0.200. The second-order valence-corrected chi connectivity index (χ2v) is 3.11. The van der Waals surface area contributed by atoms with Crippen molar-refractivity contribution >= 4 is 11.7 Å². The zero-order valence-electron chi connectivity index (χ0n) is 9.42. The first kappa shape index (κ1) is 14.3. The number of benzene rings is 1. The van der Waals surface area contributed by atoms with Gasteiger partial charge in [0.1, 0.15) is 6.07 Å². The lowest BCUT2D eigenvalue weighted by molar-refractivity contribution is -0.385. The number of carbonyl (C=O) groups excluding carboxylic acids is 1. The molecule has 1 aromatic rings. The number of nitriles is 1. The Hall–Kier alpha value is -2.76. The highest BCUT2D eigenvalue weighted by Gasteiger charge is 2.25. The third-order valence-electron chi connectivity index (χ3n) is 2.03. The molecule has 1 aromatic carbocycles. The summed E-state index contributed by atoms with van der Waals surface area (Å²) < 4.78 is 32.6. The zero-order valence-corrected chi connectivity index (χ0v) is 9.42. The molecule has 9 heteroatoms. The molecule has 0 radical (unpaired) electrons. The van der Waals surface area contributed by atoms with Gasteiger partial charge in [-0.05, 0) is 6.07 Å². The van der Waals surface area contributed by atoms with E-state index >= 15 is 0 Å². The van der Waals surface area contributed by atoms with Crippen LogP contribution in [0.1, 0.15) is 15.9 Å². The molecular weight excluding hydrogens is 266 g/mol. The molecule has 0 aliphatic rings. The number of nitrogens with zero attached hydrogens (tertiary/aromatic N) is 2. The number of nitro benzene ring substituents is 1. The summed E-state index contributed by atoms with van der Waals surface area (Å²) in [6.07, 6.45) is 0. The first-order valence-corrected chi connectivity index (χ1v) is 4.66. The molecule has 0 aliphatic carbocycles. The van der Waals surface area contributed by atoms with Gasteiger partial charge in [0.15, 0.2) is 11.3 Å². The minimum Gasteiger partial charge on any atom is -0.465 e. The summed E-state index contributed by atoms with van der Waals surface area (Å²) in [7, 11) is 1.01. The molecule has 0 amide bonds. The number of nitro groups is 1. The van der Waals surface area contributed by atoms with E-state index in [9.17, 15) is 23.7 Å². The number of hydrogen-bond donors (Lipinski definition) is 0. The Labute approximate surface area is 105 Å². The molecule has 1 rings (SSSR count). The second kappa shape index (κ2) is 5.72. The largest absolute Gasteiger partial charge is 0.465 e. The molecule has 0 atom stereocenters. The smallest absolute Gasteiger partial charge is 0.387 e. The van der Waals surface area contributed by atoms with Crippen LogP contribution in [0.5, 0.6) is 5.75 Å². The monoisotopic (exact) mass is 272 g/mol. The third kappa shape index (κ3) is 3.12. The first-order valence-electron chi connectivity index (χ1n) is 4.66. The number of rotatable bonds is 4. The van der Waals surface area contributed by atoms with Gasteiger partial charge < -0.3 is 9.47 Å². The Balaban J connectivity index is 3.50. The Morgan fingerprint density at radius 2 is 2.16 bits per heavy atom. The summed E-state index contributed by atoms with van der Waals surface area (Å²) >= 11 is 0. The van der Waals surface area contributed by atoms with Gasteiger partial charge in [0.2, 0.25) is 0 Å². The van der Waals surface area contributed by atoms with Crippen molar-refractivity contribution in [1.29, 1.82) is 5.26 Å². The van der Waals surface area contributed by atoms with Gasteiger partial charge in [-0.25, -0.2) is 4.79 Å². The molecule has 0 unspecified atom stereocenters. The Kier molecular flexibility index (Phi) is 4.31. The van der Waals surface area contributed by atoms with Crippen LogP contribution in [0.25, 0.3) is 0 Å². The third-order valence-corrected chi connectivity index (χ3v) is 2.03. The summed E-state index contributed by atoms with van der Waals surface area (Å²) in [4.78, 5) is 21.0. The van der Waals surface area contributed by atoms with E-state index in [0.717, 1.165) is 19.2 Å². The van der Waals surface area contributed by atoms with E-state index < -0.39 is 34.5 Å². The molecule has 0 bridgehead atoms. The summed E-state index contributed by atoms with van der Waals surface area (Å²) in [6, 6.07) is 2.92. The fourth-order valence-corrected chi connectivity index (χ4v) is 1.28. The van der Waals surface area contributed by atoms with E-state index in [-0.39, 0.29) is 5.56 Å². The highest BCUT2D eigenvalue weighted by Crippen LogP contribution is 2.31. The van der Waals surface area contributed by atoms with Crippen molar-refractivity contribution in [2.24, 2.45) is 0 Å². The number of esters is 1. The number of ether oxygens (including phenoxy) is 2. The lowest BCUT2D eigenvalue weighted by atomic mass is 10.1. The van der Waals surface area contributed by atoms with Crippen molar-refractivity contribution in [1.82, 2.24) is 0 Å². The molecule has 0 heterocycles. The highest BCUT2D eigenvalue weighted by molar-refractivity contribution is 5.91. The van der Waals surface area contributed by atoms with Gasteiger partial charge in [-0.2, -0.15) is 14.0 Å². The van der Waals surface area contributed by atoms with E-state index in [4.69, 9.17) is 5.26 Å². The predicted molar refractivity (Wildman–Crippen MR) is 55.8 cm³/mol. The van der Waals surface area contributed by atoms with Crippen LogP contribution in [-0.4, -0.2) is 24.6 Å². The minimum absolute atomic E-state index is 0.371. The zero-order chi connectivity index (χ0) is 14.6. The molecule has 0 aliphatic heterocycles. The van der Waals surface area contributed by atoms with Crippen LogP contribution in [0, 0.1) is 21.4 Å². The van der Waals surface area contributed by atoms with Crippen LogP contribution in [0.2, 0.25) is 0 Å². The average Bonchev–Trinajstić information content (AvgIpc) is 2.35. The average molecular weight is 272 g/mol. The quantitative estimate of drug-likeness (QED) is 0.470. The van der Waals surface area contributed by atoms with Crippen LogP contribution in [0.15, 0.2) is 12.1 Å². The van der Waals surface area contributed by atoms with Crippen molar-refractivity contribution in [3.05, 3.63) is 33.4 Å². The summed E-state index contributed by atoms with van der Waals surface area (Å²) in [5.74, 6) is -1.74. The lowest BCUT2D eigenvalue weighted by Gasteiger charge is -2.08. The molecule has 0 spiro atoms. The standard InChI is InChI=1S/C10H6F2N2O5/c1-18-9(15)5-2-7(14(16)17)6(4-13)8(3-5)19-10(11)12/h2-3,10H,1H3. The van der Waals surface area contributed by atoms with E-state index in [0.29, 0.717) is 0 Å². The van der Waals surface area contributed by atoms with Gasteiger partial charge in [-0.15, -0.1) is 0 Å². The number of alkyl halides is 2. The molecule has 0 fully saturated rings. The summed E-state index contributed by atoms with van der Waals surface area (Å²) in [5.41, 5.74) is -1.89. The number of hydrogen-bond acceptors (Lipinski definition) is 6. The Morgan fingerprint density at radius 1 is 1.53 bits per heavy atom. The van der Waals surface area contributed by atoms with Crippen LogP contribution < -0.4 is 4.74 Å². The fourth-order valence-electron chi connectivity index (χ4n) is 1.28. The van der Waals surface area contributed by atoms with Gasteiger partial charge in [0.25, 0.3) is 5.69 Å². The Bertz CT molecular complexity index is 568. The molecule has 0 aromatic heterocycles. The molecular formula is C10H6F2N2O5. The molecule has 0 saturated heterocycles. The number of halogens is 2. The maximum atomic E-state index is 12.2. The van der Waals surface area contributed by atoms with Crippen molar-refractivity contribution in [3.8, 4) is 11.8 Å². The van der Waals surface area contributed by atoms with Gasteiger partial charge in [0.05, 0.1) is 17.6 Å². The number of methoxy groups -OCH3 is 1. The highest BCUT2D eigenvalue weighted by atomic mass is 19.3. The number of carbonyl (C=O) groups is 1. The van der Waals surface area contributed by atoms with E-state index in [1.54, 1.807) is 0 Å². The van der Waals surface area contributed by atoms with Gasteiger partial charge >= 0.3 is 12.6 Å².